The van der Waals surface area contributed by atoms with Crippen molar-refractivity contribution >= 4 is 17.2 Å². The lowest BCUT2D eigenvalue weighted by Gasteiger charge is -2.06. The highest BCUT2D eigenvalue weighted by Gasteiger charge is 2.24. The van der Waals surface area contributed by atoms with Crippen LogP contribution in [0.4, 0.5) is 5.69 Å². The molecule has 0 unspecified atom stereocenters. The van der Waals surface area contributed by atoms with Gasteiger partial charge >= 0.3 is 0 Å². The lowest BCUT2D eigenvalue weighted by atomic mass is 10.1. The lowest BCUT2D eigenvalue weighted by molar-refractivity contribution is -0.110. The van der Waals surface area contributed by atoms with Crippen LogP contribution in [0.1, 0.15) is 5.56 Å². The molecule has 15 heavy (non-hydrogen) atoms. The lowest BCUT2D eigenvalue weighted by Crippen LogP contribution is -2.08. The number of aromatic hydroxyl groups is 1. The third kappa shape index (κ3) is 1.66. The third-order valence-electron chi connectivity index (χ3n) is 2.17. The van der Waals surface area contributed by atoms with E-state index in [2.05, 4.69) is 5.32 Å². The molecule has 0 aliphatic carbocycles. The van der Waals surface area contributed by atoms with Gasteiger partial charge in [0.2, 0.25) is 0 Å². The number of fused-ring (bicyclic) bond motifs is 1. The van der Waals surface area contributed by atoms with E-state index in [1.807, 2.05) is 14.1 Å². The van der Waals surface area contributed by atoms with Gasteiger partial charge in [0.05, 0.1) is 5.57 Å². The summed E-state index contributed by atoms with van der Waals surface area (Å²) < 4.78 is 0. The molecular weight excluding hydrogens is 192 g/mol. The number of carbonyl (C=O) groups excluding carboxylic acids is 1. The molecule has 1 aliphatic rings. The van der Waals surface area contributed by atoms with Gasteiger partial charge in [-0.25, -0.2) is 0 Å². The van der Waals surface area contributed by atoms with Gasteiger partial charge in [-0.3, -0.25) is 4.79 Å². The molecule has 2 rings (SSSR count). The summed E-state index contributed by atoms with van der Waals surface area (Å²) in [5.41, 5.74) is 2.06. The van der Waals surface area contributed by atoms with Crippen molar-refractivity contribution in [3.8, 4) is 5.75 Å². The van der Waals surface area contributed by atoms with Gasteiger partial charge in [-0.2, -0.15) is 0 Å². The van der Waals surface area contributed by atoms with Crippen molar-refractivity contribution in [2.75, 3.05) is 19.4 Å². The minimum absolute atomic E-state index is 0.135. The van der Waals surface area contributed by atoms with Crippen LogP contribution in [0.25, 0.3) is 5.57 Å². The summed E-state index contributed by atoms with van der Waals surface area (Å²) >= 11 is 0. The minimum Gasteiger partial charge on any atom is -0.508 e. The third-order valence-corrected chi connectivity index (χ3v) is 2.17. The van der Waals surface area contributed by atoms with Crippen LogP contribution in [-0.2, 0) is 4.79 Å². The van der Waals surface area contributed by atoms with Crippen LogP contribution in [0.5, 0.6) is 5.75 Å². The number of carbonyl (C=O) groups is 1. The van der Waals surface area contributed by atoms with Crippen molar-refractivity contribution in [1.29, 1.82) is 0 Å². The maximum absolute atomic E-state index is 11.6. The fourth-order valence-electron chi connectivity index (χ4n) is 1.56. The topological polar surface area (TPSA) is 52.6 Å². The van der Waals surface area contributed by atoms with E-state index < -0.39 is 0 Å². The van der Waals surface area contributed by atoms with Gasteiger partial charge in [0, 0.05) is 31.5 Å². The summed E-state index contributed by atoms with van der Waals surface area (Å²) in [6.07, 6.45) is 1.74. The predicted molar refractivity (Wildman–Crippen MR) is 58.4 cm³/mol. The molecule has 0 bridgehead atoms. The molecule has 0 atom stereocenters. The van der Waals surface area contributed by atoms with E-state index in [0.717, 1.165) is 11.3 Å². The second kappa shape index (κ2) is 3.31. The largest absolute Gasteiger partial charge is 0.508 e. The summed E-state index contributed by atoms with van der Waals surface area (Å²) in [6.45, 7) is 0. The number of amides is 1. The van der Waals surface area contributed by atoms with Crippen molar-refractivity contribution in [2.24, 2.45) is 0 Å². The predicted octanol–water partition coefficient (Wildman–Crippen LogP) is 1.25. The second-order valence-electron chi connectivity index (χ2n) is 3.69. The first-order valence-corrected chi connectivity index (χ1v) is 4.61. The van der Waals surface area contributed by atoms with Crippen molar-refractivity contribution < 1.29 is 9.90 Å². The Hall–Kier alpha value is -1.97. The summed E-state index contributed by atoms with van der Waals surface area (Å²) in [5.74, 6) is 0.0270. The molecule has 1 heterocycles. The molecule has 0 radical (unpaired) electrons. The number of phenols is 1. The Bertz CT molecular complexity index is 450. The van der Waals surface area contributed by atoms with Gasteiger partial charge in [0.25, 0.3) is 5.91 Å². The van der Waals surface area contributed by atoms with E-state index in [1.165, 1.54) is 0 Å². The van der Waals surface area contributed by atoms with E-state index in [-0.39, 0.29) is 11.7 Å². The highest BCUT2D eigenvalue weighted by atomic mass is 16.3. The number of hydrogen-bond donors (Lipinski definition) is 2. The standard InChI is InChI=1S/C11H12N2O2/c1-13(2)6-9-8-5-7(14)3-4-10(8)12-11(9)15/h3-6,14H,1-2H3,(H,12,15)/b9-6+. The van der Waals surface area contributed by atoms with Gasteiger partial charge in [-0.05, 0) is 18.2 Å². The molecule has 0 fully saturated rings. The molecule has 0 saturated carbocycles. The van der Waals surface area contributed by atoms with E-state index in [1.54, 1.807) is 29.3 Å². The minimum atomic E-state index is -0.135. The van der Waals surface area contributed by atoms with Crippen LogP contribution >= 0.6 is 0 Å². The zero-order valence-corrected chi connectivity index (χ0v) is 8.61. The number of anilines is 1. The fourth-order valence-corrected chi connectivity index (χ4v) is 1.56. The normalized spacial score (nSPS) is 16.4. The number of phenolic OH excluding ortho intramolecular Hbond substituents is 1. The molecule has 1 amide bonds. The zero-order chi connectivity index (χ0) is 11.0. The first-order chi connectivity index (χ1) is 7.08. The Morgan fingerprint density at radius 2 is 2.13 bits per heavy atom. The highest BCUT2D eigenvalue weighted by molar-refractivity contribution is 6.31. The monoisotopic (exact) mass is 204 g/mol. The Morgan fingerprint density at radius 1 is 1.40 bits per heavy atom. The van der Waals surface area contributed by atoms with E-state index in [4.69, 9.17) is 0 Å². The van der Waals surface area contributed by atoms with E-state index in [9.17, 15) is 9.90 Å². The molecule has 1 aliphatic heterocycles. The smallest absolute Gasteiger partial charge is 0.257 e. The van der Waals surface area contributed by atoms with Crippen LogP contribution in [0, 0.1) is 0 Å². The number of benzene rings is 1. The van der Waals surface area contributed by atoms with Crippen LogP contribution in [0.2, 0.25) is 0 Å². The second-order valence-corrected chi connectivity index (χ2v) is 3.69. The molecular formula is C11H12N2O2. The fraction of sp³-hybridized carbons (Fsp3) is 0.182. The molecule has 4 nitrogen and oxygen atoms in total. The van der Waals surface area contributed by atoms with Crippen LogP contribution in [0.3, 0.4) is 0 Å². The van der Waals surface area contributed by atoms with Crippen LogP contribution in [0.15, 0.2) is 24.4 Å². The summed E-state index contributed by atoms with van der Waals surface area (Å²) in [4.78, 5) is 13.4. The van der Waals surface area contributed by atoms with Gasteiger partial charge in [0.1, 0.15) is 5.75 Å². The van der Waals surface area contributed by atoms with Gasteiger partial charge in [-0.1, -0.05) is 0 Å². The van der Waals surface area contributed by atoms with Crippen molar-refractivity contribution in [2.45, 2.75) is 0 Å². The van der Waals surface area contributed by atoms with E-state index in [0.29, 0.717) is 5.57 Å². The van der Waals surface area contributed by atoms with Gasteiger partial charge in [-0.15, -0.1) is 0 Å². The Kier molecular flexibility index (Phi) is 2.11. The first-order valence-electron chi connectivity index (χ1n) is 4.61. The Labute approximate surface area is 87.8 Å². The van der Waals surface area contributed by atoms with Crippen LogP contribution < -0.4 is 5.32 Å². The first kappa shape index (κ1) is 9.58. The van der Waals surface area contributed by atoms with Crippen molar-refractivity contribution in [1.82, 2.24) is 4.90 Å². The molecule has 1 aromatic rings. The Balaban J connectivity index is 2.53. The molecule has 0 saturated heterocycles. The van der Waals surface area contributed by atoms with Gasteiger partial charge in [0.15, 0.2) is 0 Å². The maximum Gasteiger partial charge on any atom is 0.257 e. The SMILES string of the molecule is CN(C)/C=C1/C(=O)Nc2ccc(O)cc21. The molecule has 2 N–H and O–H groups in total. The van der Waals surface area contributed by atoms with Crippen molar-refractivity contribution in [3.63, 3.8) is 0 Å². The number of rotatable bonds is 1. The number of hydrogen-bond acceptors (Lipinski definition) is 3. The molecule has 1 aromatic carbocycles. The molecule has 78 valence electrons. The number of nitrogens with one attached hydrogen (secondary N) is 1. The average molecular weight is 204 g/mol. The van der Waals surface area contributed by atoms with Gasteiger partial charge < -0.3 is 15.3 Å². The number of nitrogens with zero attached hydrogens (tertiary/aromatic N) is 1. The Morgan fingerprint density at radius 3 is 2.80 bits per heavy atom. The highest BCUT2D eigenvalue weighted by Crippen LogP contribution is 2.34. The van der Waals surface area contributed by atoms with E-state index >= 15 is 0 Å². The zero-order valence-electron chi connectivity index (χ0n) is 8.61. The quantitative estimate of drug-likeness (QED) is 0.534. The average Bonchev–Trinajstić information content (AvgIpc) is 2.43. The summed E-state index contributed by atoms with van der Waals surface area (Å²) in [6, 6.07) is 4.83. The summed E-state index contributed by atoms with van der Waals surface area (Å²) in [7, 11) is 3.70. The maximum atomic E-state index is 11.6. The molecule has 4 heteroatoms. The van der Waals surface area contributed by atoms with Crippen molar-refractivity contribution in [3.05, 3.63) is 30.0 Å². The summed E-state index contributed by atoms with van der Waals surface area (Å²) in [5, 5.41) is 12.1. The molecule has 0 aromatic heterocycles. The molecule has 0 spiro atoms. The van der Waals surface area contributed by atoms with Crippen LogP contribution in [-0.4, -0.2) is 30.0 Å².